The molecule has 26 heavy (non-hydrogen) atoms. The van der Waals surface area contributed by atoms with Crippen LogP contribution >= 0.6 is 27.5 Å². The van der Waals surface area contributed by atoms with Crippen molar-refractivity contribution in [2.75, 3.05) is 0 Å². The van der Waals surface area contributed by atoms with Crippen LogP contribution in [0, 0.1) is 24.0 Å². The van der Waals surface area contributed by atoms with E-state index in [-0.39, 0.29) is 17.1 Å². The maximum Gasteiger partial charge on any atom is 0.315 e. The molecule has 0 aliphatic carbocycles. The number of rotatable bonds is 3. The highest BCUT2D eigenvalue weighted by Gasteiger charge is 2.22. The van der Waals surface area contributed by atoms with E-state index in [0.717, 1.165) is 12.1 Å². The molecule has 1 aromatic carbocycles. The van der Waals surface area contributed by atoms with Crippen LogP contribution in [-0.2, 0) is 0 Å². The lowest BCUT2D eigenvalue weighted by molar-refractivity contribution is -0.385. The van der Waals surface area contributed by atoms with Crippen molar-refractivity contribution in [2.24, 2.45) is 0 Å². The molecule has 0 saturated heterocycles. The molecule has 0 spiro atoms. The van der Waals surface area contributed by atoms with Gasteiger partial charge in [0.15, 0.2) is 5.75 Å². The average Bonchev–Trinajstić information content (AvgIpc) is 3.04. The summed E-state index contributed by atoms with van der Waals surface area (Å²) in [7, 11) is 0. The largest absolute Gasteiger partial charge is 0.504 e. The Kier molecular flexibility index (Phi) is 4.59. The highest BCUT2D eigenvalue weighted by atomic mass is 79.9. The van der Waals surface area contributed by atoms with Crippen molar-refractivity contribution in [1.29, 1.82) is 0 Å². The topological polar surface area (TPSA) is 123 Å². The number of benzene rings is 1. The summed E-state index contributed by atoms with van der Waals surface area (Å²) in [5.74, 6) is -1.24. The van der Waals surface area contributed by atoms with Crippen LogP contribution in [0.4, 0.5) is 5.69 Å². The number of hydrogen-bond donors (Lipinski definition) is 2. The predicted octanol–water partition coefficient (Wildman–Crippen LogP) is 4.76. The Morgan fingerprint density at radius 2 is 1.96 bits per heavy atom. The molecule has 134 valence electrons. The second-order valence-electron chi connectivity index (χ2n) is 5.46. The number of halogens is 2. The monoisotopic (exact) mass is 439 g/mol. The standard InChI is InChI=1S/C16H11BrClN3O5/c1-6-12(15(17)19-7(2)13(6)18)16-20-9(5-26-16)8-3-10(21(24)25)14(23)11(22)4-8/h3-5,22-23H,1-2H3. The summed E-state index contributed by atoms with van der Waals surface area (Å²) in [4.78, 5) is 18.8. The van der Waals surface area contributed by atoms with Gasteiger partial charge in [-0.25, -0.2) is 9.97 Å². The van der Waals surface area contributed by atoms with Crippen molar-refractivity contribution >= 4 is 33.2 Å². The highest BCUT2D eigenvalue weighted by Crippen LogP contribution is 2.40. The van der Waals surface area contributed by atoms with Crippen LogP contribution in [0.25, 0.3) is 22.7 Å². The van der Waals surface area contributed by atoms with Crippen molar-refractivity contribution < 1.29 is 19.6 Å². The van der Waals surface area contributed by atoms with Crippen molar-refractivity contribution in [3.63, 3.8) is 0 Å². The van der Waals surface area contributed by atoms with Gasteiger partial charge in [0, 0.05) is 11.6 Å². The van der Waals surface area contributed by atoms with E-state index < -0.39 is 22.1 Å². The Morgan fingerprint density at radius 3 is 2.62 bits per heavy atom. The lowest BCUT2D eigenvalue weighted by Crippen LogP contribution is -1.94. The third-order valence-electron chi connectivity index (χ3n) is 3.77. The number of nitro groups is 1. The van der Waals surface area contributed by atoms with E-state index in [2.05, 4.69) is 25.9 Å². The molecule has 2 heterocycles. The van der Waals surface area contributed by atoms with Crippen LogP contribution in [0.1, 0.15) is 11.3 Å². The Balaban J connectivity index is 2.13. The molecule has 10 heteroatoms. The number of aryl methyl sites for hydroxylation is 1. The van der Waals surface area contributed by atoms with Gasteiger partial charge in [0.2, 0.25) is 11.6 Å². The lowest BCUT2D eigenvalue weighted by atomic mass is 10.1. The van der Waals surface area contributed by atoms with Crippen molar-refractivity contribution in [1.82, 2.24) is 9.97 Å². The molecule has 0 aliphatic heterocycles. The third-order valence-corrected chi connectivity index (χ3v) is 4.91. The maximum absolute atomic E-state index is 11.0. The van der Waals surface area contributed by atoms with Crippen LogP contribution in [-0.4, -0.2) is 25.1 Å². The SMILES string of the molecule is Cc1nc(Br)c(-c2nc(-c3cc(O)c(O)c([N+](=O)[O-])c3)co2)c(C)c1Cl. The molecule has 3 aromatic rings. The van der Waals surface area contributed by atoms with Gasteiger partial charge >= 0.3 is 5.69 Å². The molecule has 0 bridgehead atoms. The first-order chi connectivity index (χ1) is 12.2. The summed E-state index contributed by atoms with van der Waals surface area (Å²) < 4.78 is 5.97. The molecular formula is C16H11BrClN3O5. The number of nitro benzene ring substituents is 1. The van der Waals surface area contributed by atoms with E-state index in [1.807, 2.05) is 0 Å². The van der Waals surface area contributed by atoms with E-state index in [9.17, 15) is 20.3 Å². The normalized spacial score (nSPS) is 10.9. The first kappa shape index (κ1) is 18.2. The minimum absolute atomic E-state index is 0.203. The van der Waals surface area contributed by atoms with Gasteiger partial charge in [-0.2, -0.15) is 0 Å². The van der Waals surface area contributed by atoms with E-state index >= 15 is 0 Å². The molecule has 0 aliphatic rings. The van der Waals surface area contributed by atoms with Crippen molar-refractivity contribution in [3.8, 4) is 34.2 Å². The summed E-state index contributed by atoms with van der Waals surface area (Å²) in [6.07, 6.45) is 1.28. The van der Waals surface area contributed by atoms with Crippen molar-refractivity contribution in [2.45, 2.75) is 13.8 Å². The number of nitrogens with zero attached hydrogens (tertiary/aromatic N) is 3. The molecule has 0 saturated carbocycles. The van der Waals surface area contributed by atoms with Crippen LogP contribution < -0.4 is 0 Å². The van der Waals surface area contributed by atoms with Gasteiger partial charge in [0.05, 0.1) is 21.2 Å². The van der Waals surface area contributed by atoms with Crippen LogP contribution in [0.2, 0.25) is 5.02 Å². The highest BCUT2D eigenvalue weighted by molar-refractivity contribution is 9.10. The zero-order valence-electron chi connectivity index (χ0n) is 13.4. The number of aromatic hydroxyl groups is 2. The molecule has 2 aromatic heterocycles. The Bertz CT molecular complexity index is 1050. The molecule has 0 atom stereocenters. The first-order valence-electron chi connectivity index (χ1n) is 7.19. The summed E-state index contributed by atoms with van der Waals surface area (Å²) in [6.45, 7) is 3.56. The van der Waals surface area contributed by atoms with Gasteiger partial charge in [-0.15, -0.1) is 0 Å². The fraction of sp³-hybridized carbons (Fsp3) is 0.125. The number of oxazole rings is 1. The predicted molar refractivity (Wildman–Crippen MR) is 97.3 cm³/mol. The minimum atomic E-state index is -0.810. The van der Waals surface area contributed by atoms with Gasteiger partial charge in [-0.1, -0.05) is 11.6 Å². The van der Waals surface area contributed by atoms with E-state index in [1.54, 1.807) is 13.8 Å². The molecule has 2 N–H and O–H groups in total. The smallest absolute Gasteiger partial charge is 0.315 e. The van der Waals surface area contributed by atoms with E-state index in [1.165, 1.54) is 6.26 Å². The molecule has 0 radical (unpaired) electrons. The zero-order valence-corrected chi connectivity index (χ0v) is 15.8. The number of pyridine rings is 1. The Labute approximate surface area is 160 Å². The number of phenolic OH excluding ortho intramolecular Hbond substituents is 2. The van der Waals surface area contributed by atoms with Crippen molar-refractivity contribution in [3.05, 3.63) is 49.4 Å². The Hall–Kier alpha value is -2.65. The quantitative estimate of drug-likeness (QED) is 0.260. The molecule has 0 fully saturated rings. The number of aromatic nitrogens is 2. The maximum atomic E-state index is 11.0. The fourth-order valence-electron chi connectivity index (χ4n) is 2.45. The summed E-state index contributed by atoms with van der Waals surface area (Å²) in [5, 5.41) is 30.8. The molecule has 0 unspecified atom stereocenters. The fourth-order valence-corrected chi connectivity index (χ4v) is 3.32. The van der Waals surface area contributed by atoms with Gasteiger partial charge in [-0.3, -0.25) is 10.1 Å². The summed E-state index contributed by atoms with van der Waals surface area (Å²) in [5.41, 5.74) is 1.71. The van der Waals surface area contributed by atoms with Crippen LogP contribution in [0.3, 0.4) is 0 Å². The van der Waals surface area contributed by atoms with E-state index in [0.29, 0.717) is 26.4 Å². The van der Waals surface area contributed by atoms with Gasteiger partial charge in [0.25, 0.3) is 0 Å². The second-order valence-corrected chi connectivity index (χ2v) is 6.59. The molecule has 3 rings (SSSR count). The summed E-state index contributed by atoms with van der Waals surface area (Å²) >= 11 is 9.59. The molecule has 8 nitrogen and oxygen atoms in total. The zero-order chi connectivity index (χ0) is 19.2. The second kappa shape index (κ2) is 6.58. The third kappa shape index (κ3) is 2.99. The number of phenols is 2. The van der Waals surface area contributed by atoms with E-state index in [4.69, 9.17) is 16.0 Å². The van der Waals surface area contributed by atoms with Gasteiger partial charge < -0.3 is 14.6 Å². The van der Waals surface area contributed by atoms with Gasteiger partial charge in [0.1, 0.15) is 16.6 Å². The molecular weight excluding hydrogens is 430 g/mol. The molecule has 0 amide bonds. The summed E-state index contributed by atoms with van der Waals surface area (Å²) in [6, 6.07) is 2.26. The van der Waals surface area contributed by atoms with Gasteiger partial charge in [-0.05, 0) is 41.4 Å². The lowest BCUT2D eigenvalue weighted by Gasteiger charge is -2.08. The van der Waals surface area contributed by atoms with Crippen LogP contribution in [0.5, 0.6) is 11.5 Å². The average molecular weight is 441 g/mol. The van der Waals surface area contributed by atoms with Crippen LogP contribution in [0.15, 0.2) is 27.4 Å². The Morgan fingerprint density at radius 1 is 1.27 bits per heavy atom. The number of hydrogen-bond acceptors (Lipinski definition) is 7. The minimum Gasteiger partial charge on any atom is -0.504 e. The first-order valence-corrected chi connectivity index (χ1v) is 8.36.